The van der Waals surface area contributed by atoms with Crippen molar-refractivity contribution in [2.24, 2.45) is 0 Å². The first-order chi connectivity index (χ1) is 13.2. The number of aromatic nitrogens is 3. The maximum absolute atomic E-state index is 12.7. The van der Waals surface area contributed by atoms with Crippen LogP contribution in [-0.4, -0.2) is 44.9 Å². The van der Waals surface area contributed by atoms with Gasteiger partial charge in [0.05, 0.1) is 11.4 Å². The van der Waals surface area contributed by atoms with E-state index in [1.165, 1.54) is 10.4 Å². The monoisotopic (exact) mass is 361 g/mol. The van der Waals surface area contributed by atoms with E-state index in [9.17, 15) is 4.79 Å². The normalized spacial score (nSPS) is 17.1. The van der Waals surface area contributed by atoms with Crippen LogP contribution in [0.25, 0.3) is 5.69 Å². The van der Waals surface area contributed by atoms with Crippen molar-refractivity contribution < 1.29 is 4.79 Å². The molecule has 6 nitrogen and oxygen atoms in total. The van der Waals surface area contributed by atoms with Gasteiger partial charge in [-0.25, -0.2) is 0 Å². The summed E-state index contributed by atoms with van der Waals surface area (Å²) in [5.41, 5.74) is 3.16. The Labute approximate surface area is 158 Å². The van der Waals surface area contributed by atoms with Gasteiger partial charge in [0.15, 0.2) is 5.69 Å². The van der Waals surface area contributed by atoms with Gasteiger partial charge in [-0.15, -0.1) is 5.10 Å². The number of para-hydroxylation sites is 1. The zero-order valence-electron chi connectivity index (χ0n) is 15.4. The summed E-state index contributed by atoms with van der Waals surface area (Å²) in [7, 11) is 0. The first-order valence-electron chi connectivity index (χ1n) is 9.25. The molecule has 1 aliphatic heterocycles. The van der Waals surface area contributed by atoms with E-state index in [1.54, 1.807) is 0 Å². The number of rotatable bonds is 5. The highest BCUT2D eigenvalue weighted by Gasteiger charge is 2.26. The predicted molar refractivity (Wildman–Crippen MR) is 104 cm³/mol. The lowest BCUT2D eigenvalue weighted by Gasteiger charge is -2.16. The van der Waals surface area contributed by atoms with Crippen LogP contribution >= 0.6 is 0 Å². The van der Waals surface area contributed by atoms with E-state index in [-0.39, 0.29) is 11.9 Å². The molecule has 1 fully saturated rings. The van der Waals surface area contributed by atoms with Gasteiger partial charge in [-0.1, -0.05) is 48.5 Å². The molecular weight excluding hydrogens is 338 g/mol. The van der Waals surface area contributed by atoms with E-state index in [0.717, 1.165) is 31.7 Å². The number of hydrogen-bond donors (Lipinski definition) is 1. The minimum atomic E-state index is -0.152. The van der Waals surface area contributed by atoms with Crippen molar-refractivity contribution in [3.63, 3.8) is 0 Å². The van der Waals surface area contributed by atoms with Crippen LogP contribution in [0.4, 0.5) is 0 Å². The van der Waals surface area contributed by atoms with Crippen molar-refractivity contribution in [3.05, 3.63) is 77.6 Å². The fourth-order valence-electron chi connectivity index (χ4n) is 3.45. The summed E-state index contributed by atoms with van der Waals surface area (Å²) in [4.78, 5) is 16.6. The van der Waals surface area contributed by atoms with Crippen LogP contribution in [0.1, 0.15) is 28.2 Å². The van der Waals surface area contributed by atoms with Gasteiger partial charge < -0.3 is 5.32 Å². The standard InChI is InChI=1S/C21H23N5O/c1-16-20(24-26(23-16)19-10-6-3-7-11-19)21(27)22-18-12-13-25(15-18)14-17-8-4-2-5-9-17/h2-11,18H,12-15H2,1H3,(H,22,27). The number of nitrogens with zero attached hydrogens (tertiary/aromatic N) is 4. The second kappa shape index (κ2) is 7.72. The smallest absolute Gasteiger partial charge is 0.274 e. The lowest BCUT2D eigenvalue weighted by atomic mass is 10.2. The summed E-state index contributed by atoms with van der Waals surface area (Å²) in [5.74, 6) is -0.152. The van der Waals surface area contributed by atoms with Gasteiger partial charge in [0.1, 0.15) is 0 Å². The molecule has 27 heavy (non-hydrogen) atoms. The van der Waals surface area contributed by atoms with E-state index < -0.39 is 0 Å². The molecule has 1 amide bonds. The quantitative estimate of drug-likeness (QED) is 0.759. The van der Waals surface area contributed by atoms with Gasteiger partial charge in [0.2, 0.25) is 0 Å². The number of amides is 1. The summed E-state index contributed by atoms with van der Waals surface area (Å²) >= 11 is 0. The minimum Gasteiger partial charge on any atom is -0.347 e. The summed E-state index contributed by atoms with van der Waals surface area (Å²) in [6.45, 7) is 4.57. The minimum absolute atomic E-state index is 0.141. The van der Waals surface area contributed by atoms with Crippen LogP contribution < -0.4 is 5.32 Å². The molecule has 0 bridgehead atoms. The average Bonchev–Trinajstić information content (AvgIpc) is 3.29. The van der Waals surface area contributed by atoms with Crippen molar-refractivity contribution in [2.45, 2.75) is 25.9 Å². The van der Waals surface area contributed by atoms with E-state index in [0.29, 0.717) is 11.4 Å². The molecular formula is C21H23N5O. The molecule has 2 aromatic carbocycles. The maximum Gasteiger partial charge on any atom is 0.274 e. The van der Waals surface area contributed by atoms with Crippen molar-refractivity contribution in [1.82, 2.24) is 25.2 Å². The fraction of sp³-hybridized carbons (Fsp3) is 0.286. The maximum atomic E-state index is 12.7. The number of aryl methyl sites for hydroxylation is 1. The molecule has 0 aliphatic carbocycles. The summed E-state index contributed by atoms with van der Waals surface area (Å²) < 4.78 is 0. The highest BCUT2D eigenvalue weighted by atomic mass is 16.2. The molecule has 0 radical (unpaired) electrons. The molecule has 6 heteroatoms. The van der Waals surface area contributed by atoms with Gasteiger partial charge in [0.25, 0.3) is 5.91 Å². The van der Waals surface area contributed by atoms with Gasteiger partial charge in [-0.3, -0.25) is 9.69 Å². The number of carbonyl (C=O) groups excluding carboxylic acids is 1. The molecule has 4 rings (SSSR count). The Hall–Kier alpha value is -2.99. The molecule has 138 valence electrons. The Kier molecular flexibility index (Phi) is 4.98. The van der Waals surface area contributed by atoms with Gasteiger partial charge >= 0.3 is 0 Å². The second-order valence-corrected chi connectivity index (χ2v) is 6.94. The predicted octanol–water partition coefficient (Wildman–Crippen LogP) is 2.58. The molecule has 1 atom stereocenters. The molecule has 3 aromatic rings. The van der Waals surface area contributed by atoms with Crippen LogP contribution in [0.2, 0.25) is 0 Å². The summed E-state index contributed by atoms with van der Waals surface area (Å²) in [5, 5.41) is 11.9. The highest BCUT2D eigenvalue weighted by Crippen LogP contribution is 2.15. The van der Waals surface area contributed by atoms with Crippen LogP contribution in [0.3, 0.4) is 0 Å². The average molecular weight is 361 g/mol. The third-order valence-corrected chi connectivity index (χ3v) is 4.84. The highest BCUT2D eigenvalue weighted by molar-refractivity contribution is 5.93. The zero-order chi connectivity index (χ0) is 18.6. The van der Waals surface area contributed by atoms with Gasteiger partial charge in [-0.05, 0) is 31.0 Å². The fourth-order valence-corrected chi connectivity index (χ4v) is 3.45. The Bertz CT molecular complexity index is 907. The molecule has 1 N–H and O–H groups in total. The van der Waals surface area contributed by atoms with Crippen LogP contribution in [0.5, 0.6) is 0 Å². The van der Waals surface area contributed by atoms with Gasteiger partial charge in [0, 0.05) is 25.7 Å². The first kappa shape index (κ1) is 17.4. The Morgan fingerprint density at radius 3 is 2.52 bits per heavy atom. The topological polar surface area (TPSA) is 63.1 Å². The summed E-state index contributed by atoms with van der Waals surface area (Å²) in [6, 6.07) is 20.2. The lowest BCUT2D eigenvalue weighted by molar-refractivity contribution is 0.0931. The number of likely N-dealkylation sites (tertiary alicyclic amines) is 1. The molecule has 0 spiro atoms. The Morgan fingerprint density at radius 1 is 1.07 bits per heavy atom. The van der Waals surface area contributed by atoms with Crippen molar-refractivity contribution >= 4 is 5.91 Å². The van der Waals surface area contributed by atoms with E-state index in [2.05, 4.69) is 44.7 Å². The number of nitrogens with one attached hydrogen (secondary N) is 1. The largest absolute Gasteiger partial charge is 0.347 e. The Balaban J connectivity index is 1.38. The first-order valence-corrected chi connectivity index (χ1v) is 9.25. The van der Waals surface area contributed by atoms with Crippen molar-refractivity contribution in [1.29, 1.82) is 0 Å². The van der Waals surface area contributed by atoms with Crippen LogP contribution in [0, 0.1) is 6.92 Å². The second-order valence-electron chi connectivity index (χ2n) is 6.94. The Morgan fingerprint density at radius 2 is 1.78 bits per heavy atom. The van der Waals surface area contributed by atoms with Gasteiger partial charge in [-0.2, -0.15) is 9.90 Å². The van der Waals surface area contributed by atoms with Crippen LogP contribution in [0.15, 0.2) is 60.7 Å². The van der Waals surface area contributed by atoms with E-state index >= 15 is 0 Å². The zero-order valence-corrected chi connectivity index (χ0v) is 15.4. The molecule has 1 aromatic heterocycles. The van der Waals surface area contributed by atoms with Crippen molar-refractivity contribution in [2.75, 3.05) is 13.1 Å². The number of carbonyl (C=O) groups is 1. The SMILES string of the molecule is Cc1nn(-c2ccccc2)nc1C(=O)NC1CCN(Cc2ccccc2)C1. The molecule has 0 saturated carbocycles. The van der Waals surface area contributed by atoms with Crippen LogP contribution in [-0.2, 0) is 6.54 Å². The number of benzene rings is 2. The number of hydrogen-bond acceptors (Lipinski definition) is 4. The molecule has 1 unspecified atom stereocenters. The third-order valence-electron chi connectivity index (χ3n) is 4.84. The summed E-state index contributed by atoms with van der Waals surface area (Å²) in [6.07, 6.45) is 0.949. The van der Waals surface area contributed by atoms with Crippen molar-refractivity contribution in [3.8, 4) is 5.69 Å². The molecule has 1 aliphatic rings. The third kappa shape index (κ3) is 4.06. The molecule has 1 saturated heterocycles. The van der Waals surface area contributed by atoms with E-state index in [4.69, 9.17) is 0 Å². The lowest BCUT2D eigenvalue weighted by Crippen LogP contribution is -2.37. The van der Waals surface area contributed by atoms with E-state index in [1.807, 2.05) is 43.3 Å². The molecule has 2 heterocycles.